The predicted octanol–water partition coefficient (Wildman–Crippen LogP) is 4.91. The molecule has 7 heteroatoms. The maximum atomic E-state index is 5.38. The van der Waals surface area contributed by atoms with Crippen molar-refractivity contribution in [3.05, 3.63) is 77.4 Å². The van der Waals surface area contributed by atoms with Gasteiger partial charge in [0.15, 0.2) is 5.82 Å². The first-order valence-corrected chi connectivity index (χ1v) is 12.6. The van der Waals surface area contributed by atoms with Gasteiger partial charge >= 0.3 is 0 Å². The van der Waals surface area contributed by atoms with Gasteiger partial charge in [0.25, 0.3) is 0 Å². The van der Waals surface area contributed by atoms with Crippen molar-refractivity contribution in [2.75, 3.05) is 52.2 Å². The predicted molar refractivity (Wildman–Crippen MR) is 140 cm³/mol. The number of rotatable bonds is 8. The Morgan fingerprint density at radius 2 is 1.68 bits per heavy atom. The van der Waals surface area contributed by atoms with E-state index in [0.29, 0.717) is 12.4 Å². The molecule has 1 atom stereocenters. The summed E-state index contributed by atoms with van der Waals surface area (Å²) in [5.74, 6) is 1.57. The molecule has 1 aliphatic heterocycles. The first-order chi connectivity index (χ1) is 16.7. The van der Waals surface area contributed by atoms with Crippen molar-refractivity contribution in [1.29, 1.82) is 0 Å². The molecule has 0 radical (unpaired) electrons. The summed E-state index contributed by atoms with van der Waals surface area (Å²) in [5, 5.41) is 7.10. The number of ether oxygens (including phenoxy) is 1. The fourth-order valence-electron chi connectivity index (χ4n) is 4.49. The van der Waals surface area contributed by atoms with Crippen LogP contribution < -0.4 is 5.32 Å². The summed E-state index contributed by atoms with van der Waals surface area (Å²) in [6, 6.07) is 21.3. The summed E-state index contributed by atoms with van der Waals surface area (Å²) in [6.45, 7) is 5.65. The number of anilines is 1. The lowest BCUT2D eigenvalue weighted by Gasteiger charge is -2.35. The molecule has 2 aromatic carbocycles. The highest BCUT2D eigenvalue weighted by molar-refractivity contribution is 7.17. The minimum absolute atomic E-state index is 0.113. The second-order valence-electron chi connectivity index (χ2n) is 8.83. The van der Waals surface area contributed by atoms with Gasteiger partial charge in [-0.05, 0) is 18.2 Å². The minimum Gasteiger partial charge on any atom is -0.377 e. The van der Waals surface area contributed by atoms with Crippen LogP contribution in [0.25, 0.3) is 21.3 Å². The molecule has 2 aromatic heterocycles. The van der Waals surface area contributed by atoms with E-state index in [9.17, 15) is 0 Å². The standard InChI is InChI=1S/C27H31N5OS/c1-31-13-15-32(16-14-31)17-23(21-11-7-4-8-12-21)28-26-25-22(20-9-5-3-6-10-20)19-34-27(25)30-24(29-26)18-33-2/h3-12,19,23H,13-18H2,1-2H3,(H,28,29,30). The zero-order valence-electron chi connectivity index (χ0n) is 19.8. The maximum absolute atomic E-state index is 5.38. The lowest BCUT2D eigenvalue weighted by atomic mass is 10.0. The minimum atomic E-state index is 0.113. The molecule has 176 valence electrons. The van der Waals surface area contributed by atoms with Gasteiger partial charge in [-0.3, -0.25) is 4.90 Å². The molecule has 0 spiro atoms. The molecule has 0 saturated carbocycles. The van der Waals surface area contributed by atoms with Gasteiger partial charge in [-0.1, -0.05) is 60.7 Å². The van der Waals surface area contributed by atoms with Crippen molar-refractivity contribution >= 4 is 27.4 Å². The molecule has 0 aliphatic carbocycles. The quantitative estimate of drug-likeness (QED) is 0.393. The smallest absolute Gasteiger partial charge is 0.158 e. The van der Waals surface area contributed by atoms with Crippen molar-refractivity contribution < 1.29 is 4.74 Å². The first kappa shape index (κ1) is 22.9. The Labute approximate surface area is 205 Å². The SMILES string of the molecule is COCc1nc(NC(CN2CCN(C)CC2)c2ccccc2)c2c(-c3ccccc3)csc2n1. The Bertz CT molecular complexity index is 1210. The van der Waals surface area contributed by atoms with E-state index < -0.39 is 0 Å². The van der Waals surface area contributed by atoms with Gasteiger partial charge in [-0.2, -0.15) is 0 Å². The number of nitrogens with zero attached hydrogens (tertiary/aromatic N) is 4. The zero-order valence-corrected chi connectivity index (χ0v) is 20.6. The van der Waals surface area contributed by atoms with E-state index in [1.54, 1.807) is 18.4 Å². The number of hydrogen-bond donors (Lipinski definition) is 1. The molecule has 1 aliphatic rings. The third-order valence-electron chi connectivity index (χ3n) is 6.39. The lowest BCUT2D eigenvalue weighted by molar-refractivity contribution is 0.149. The molecule has 0 bridgehead atoms. The summed E-state index contributed by atoms with van der Waals surface area (Å²) >= 11 is 1.66. The van der Waals surface area contributed by atoms with Crippen LogP contribution in [0.1, 0.15) is 17.4 Å². The first-order valence-electron chi connectivity index (χ1n) is 11.8. The topological polar surface area (TPSA) is 53.5 Å². The Kier molecular flexibility index (Phi) is 7.16. The van der Waals surface area contributed by atoms with Gasteiger partial charge < -0.3 is 15.0 Å². The summed E-state index contributed by atoms with van der Waals surface area (Å²) in [6.07, 6.45) is 0. The van der Waals surface area contributed by atoms with Crippen LogP contribution >= 0.6 is 11.3 Å². The van der Waals surface area contributed by atoms with E-state index in [2.05, 4.69) is 82.1 Å². The van der Waals surface area contributed by atoms with Gasteiger partial charge in [0.05, 0.1) is 11.4 Å². The molecule has 1 unspecified atom stereocenters. The van der Waals surface area contributed by atoms with E-state index in [4.69, 9.17) is 14.7 Å². The molecule has 3 heterocycles. The Morgan fingerprint density at radius 3 is 2.38 bits per heavy atom. The number of hydrogen-bond acceptors (Lipinski definition) is 7. The summed E-state index contributed by atoms with van der Waals surface area (Å²) in [5.41, 5.74) is 3.60. The summed E-state index contributed by atoms with van der Waals surface area (Å²) in [7, 11) is 3.88. The highest BCUT2D eigenvalue weighted by Crippen LogP contribution is 2.38. The molecule has 1 fully saturated rings. The highest BCUT2D eigenvalue weighted by Gasteiger charge is 2.23. The van der Waals surface area contributed by atoms with E-state index >= 15 is 0 Å². The van der Waals surface area contributed by atoms with Crippen molar-refractivity contribution in [2.45, 2.75) is 12.6 Å². The number of benzene rings is 2. The molecule has 6 nitrogen and oxygen atoms in total. The maximum Gasteiger partial charge on any atom is 0.158 e. The van der Waals surface area contributed by atoms with Crippen LogP contribution in [0.3, 0.4) is 0 Å². The van der Waals surface area contributed by atoms with Crippen molar-refractivity contribution in [2.24, 2.45) is 0 Å². The molecular weight excluding hydrogens is 442 g/mol. The van der Waals surface area contributed by atoms with Crippen LogP contribution in [-0.4, -0.2) is 66.6 Å². The van der Waals surface area contributed by atoms with Gasteiger partial charge in [0.1, 0.15) is 17.3 Å². The number of methoxy groups -OCH3 is 1. The third kappa shape index (κ3) is 5.13. The van der Waals surface area contributed by atoms with E-state index in [-0.39, 0.29) is 6.04 Å². The number of nitrogens with one attached hydrogen (secondary N) is 1. The molecule has 0 amide bonds. The number of likely N-dealkylation sites (N-methyl/N-ethyl adjacent to an activating group) is 1. The number of fused-ring (bicyclic) bond motifs is 1. The molecule has 4 aromatic rings. The number of aromatic nitrogens is 2. The molecule has 1 saturated heterocycles. The Balaban J connectivity index is 1.55. The molecular formula is C27H31N5OS. The van der Waals surface area contributed by atoms with E-state index in [0.717, 1.165) is 48.8 Å². The van der Waals surface area contributed by atoms with Crippen LogP contribution in [0.5, 0.6) is 0 Å². The van der Waals surface area contributed by atoms with Crippen molar-refractivity contribution in [3.8, 4) is 11.1 Å². The monoisotopic (exact) mass is 473 g/mol. The number of thiophene rings is 1. The fraction of sp³-hybridized carbons (Fsp3) is 0.333. The van der Waals surface area contributed by atoms with Crippen LogP contribution in [0.15, 0.2) is 66.0 Å². The van der Waals surface area contributed by atoms with E-state index in [1.165, 1.54) is 16.7 Å². The highest BCUT2D eigenvalue weighted by atomic mass is 32.1. The lowest BCUT2D eigenvalue weighted by Crippen LogP contribution is -2.46. The zero-order chi connectivity index (χ0) is 23.3. The Morgan fingerprint density at radius 1 is 0.971 bits per heavy atom. The fourth-order valence-corrected chi connectivity index (χ4v) is 5.45. The van der Waals surface area contributed by atoms with Crippen molar-refractivity contribution in [1.82, 2.24) is 19.8 Å². The normalized spacial score (nSPS) is 16.1. The van der Waals surface area contributed by atoms with Crippen LogP contribution in [-0.2, 0) is 11.3 Å². The van der Waals surface area contributed by atoms with Crippen molar-refractivity contribution in [3.63, 3.8) is 0 Å². The Hall–Kier alpha value is -2.84. The van der Waals surface area contributed by atoms with E-state index in [1.807, 2.05) is 6.07 Å². The van der Waals surface area contributed by atoms with Crippen LogP contribution in [0, 0.1) is 0 Å². The van der Waals surface area contributed by atoms with Gasteiger partial charge in [-0.15, -0.1) is 11.3 Å². The second-order valence-corrected chi connectivity index (χ2v) is 9.69. The average Bonchev–Trinajstić information content (AvgIpc) is 3.30. The molecule has 5 rings (SSSR count). The van der Waals surface area contributed by atoms with Gasteiger partial charge in [0.2, 0.25) is 0 Å². The molecule has 34 heavy (non-hydrogen) atoms. The van der Waals surface area contributed by atoms with Crippen LogP contribution in [0.2, 0.25) is 0 Å². The summed E-state index contributed by atoms with van der Waals surface area (Å²) in [4.78, 5) is 15.7. The van der Waals surface area contributed by atoms with Crippen LogP contribution in [0.4, 0.5) is 5.82 Å². The second kappa shape index (κ2) is 10.6. The van der Waals surface area contributed by atoms with Gasteiger partial charge in [-0.25, -0.2) is 9.97 Å². The number of piperazine rings is 1. The largest absolute Gasteiger partial charge is 0.377 e. The summed E-state index contributed by atoms with van der Waals surface area (Å²) < 4.78 is 5.38. The molecule has 1 N–H and O–H groups in total. The third-order valence-corrected chi connectivity index (χ3v) is 7.26. The van der Waals surface area contributed by atoms with Gasteiger partial charge in [0, 0.05) is 50.8 Å². The average molecular weight is 474 g/mol.